The van der Waals surface area contributed by atoms with Gasteiger partial charge in [-0.05, 0) is 32.3 Å². The zero-order valence-electron chi connectivity index (χ0n) is 10.7. The molecule has 0 aromatic carbocycles. The number of thiophene rings is 1. The Labute approximate surface area is 110 Å². The first-order valence-electron chi connectivity index (χ1n) is 6.30. The summed E-state index contributed by atoms with van der Waals surface area (Å²) in [6, 6.07) is 0.211. The molecule has 1 saturated heterocycles. The topological polar surface area (TPSA) is 49.2 Å². The first-order valence-corrected chi connectivity index (χ1v) is 7.12. The van der Waals surface area contributed by atoms with Gasteiger partial charge in [-0.1, -0.05) is 0 Å². The standard InChI is InChI=1S/C13H17N3OS/c1-8-9(2)18-13-11(8)12(14-7-15-13)16-5-3-4-10(16)6-17/h7,10,17H,3-6H2,1-2H3. The molecule has 3 rings (SSSR count). The number of anilines is 1. The molecule has 0 spiro atoms. The van der Waals surface area contributed by atoms with Crippen molar-refractivity contribution < 1.29 is 5.11 Å². The SMILES string of the molecule is Cc1sc2ncnc(N3CCCC3CO)c2c1C. The van der Waals surface area contributed by atoms with Crippen molar-refractivity contribution in [1.82, 2.24) is 9.97 Å². The minimum absolute atomic E-state index is 0.202. The van der Waals surface area contributed by atoms with Crippen molar-refractivity contribution >= 4 is 27.4 Å². The van der Waals surface area contributed by atoms with Gasteiger partial charge in [-0.25, -0.2) is 9.97 Å². The van der Waals surface area contributed by atoms with Gasteiger partial charge in [0.05, 0.1) is 18.0 Å². The van der Waals surface area contributed by atoms with Crippen LogP contribution in [0.15, 0.2) is 6.33 Å². The minimum Gasteiger partial charge on any atom is -0.394 e. The molecule has 18 heavy (non-hydrogen) atoms. The Morgan fingerprint density at radius 1 is 1.44 bits per heavy atom. The van der Waals surface area contributed by atoms with Crippen LogP contribution in [0.1, 0.15) is 23.3 Å². The van der Waals surface area contributed by atoms with Crippen molar-refractivity contribution in [3.63, 3.8) is 0 Å². The Morgan fingerprint density at radius 3 is 3.06 bits per heavy atom. The van der Waals surface area contributed by atoms with Crippen LogP contribution < -0.4 is 4.90 Å². The molecule has 0 radical (unpaired) electrons. The summed E-state index contributed by atoms with van der Waals surface area (Å²) >= 11 is 1.72. The fraction of sp³-hybridized carbons (Fsp3) is 0.538. The maximum Gasteiger partial charge on any atom is 0.141 e. The highest BCUT2D eigenvalue weighted by atomic mass is 32.1. The van der Waals surface area contributed by atoms with Crippen LogP contribution in [0.2, 0.25) is 0 Å². The van der Waals surface area contributed by atoms with Gasteiger partial charge >= 0.3 is 0 Å². The molecule has 0 aliphatic carbocycles. The van der Waals surface area contributed by atoms with E-state index in [-0.39, 0.29) is 12.6 Å². The highest BCUT2D eigenvalue weighted by molar-refractivity contribution is 7.18. The monoisotopic (exact) mass is 263 g/mol. The van der Waals surface area contributed by atoms with E-state index < -0.39 is 0 Å². The molecule has 2 aromatic heterocycles. The molecular weight excluding hydrogens is 246 g/mol. The molecule has 1 atom stereocenters. The number of aliphatic hydroxyl groups excluding tert-OH is 1. The number of rotatable bonds is 2. The van der Waals surface area contributed by atoms with Gasteiger partial charge in [0.2, 0.25) is 0 Å². The van der Waals surface area contributed by atoms with E-state index in [9.17, 15) is 5.11 Å². The minimum atomic E-state index is 0.202. The summed E-state index contributed by atoms with van der Waals surface area (Å²) in [6.07, 6.45) is 3.81. The van der Waals surface area contributed by atoms with E-state index in [2.05, 4.69) is 28.7 Å². The third-order valence-electron chi connectivity index (χ3n) is 3.81. The number of fused-ring (bicyclic) bond motifs is 1. The van der Waals surface area contributed by atoms with E-state index in [1.54, 1.807) is 17.7 Å². The van der Waals surface area contributed by atoms with Crippen LogP contribution in [0.4, 0.5) is 5.82 Å². The average molecular weight is 263 g/mol. The summed E-state index contributed by atoms with van der Waals surface area (Å²) in [6.45, 7) is 5.43. The van der Waals surface area contributed by atoms with E-state index in [1.165, 1.54) is 15.8 Å². The van der Waals surface area contributed by atoms with Crippen LogP contribution in [-0.4, -0.2) is 34.3 Å². The second kappa shape index (κ2) is 4.48. The van der Waals surface area contributed by atoms with Crippen molar-refractivity contribution in [2.75, 3.05) is 18.1 Å². The molecule has 0 bridgehead atoms. The third-order valence-corrected chi connectivity index (χ3v) is 4.92. The molecule has 1 aliphatic heterocycles. The van der Waals surface area contributed by atoms with Gasteiger partial charge in [0, 0.05) is 11.4 Å². The van der Waals surface area contributed by atoms with Gasteiger partial charge in [0.15, 0.2) is 0 Å². The van der Waals surface area contributed by atoms with Gasteiger partial charge in [0.25, 0.3) is 0 Å². The molecule has 4 nitrogen and oxygen atoms in total. The molecule has 0 amide bonds. The lowest BCUT2D eigenvalue weighted by Gasteiger charge is -2.24. The summed E-state index contributed by atoms with van der Waals surface area (Å²) in [7, 11) is 0. The lowest BCUT2D eigenvalue weighted by Crippen LogP contribution is -2.32. The van der Waals surface area contributed by atoms with Crippen molar-refractivity contribution in [1.29, 1.82) is 0 Å². The van der Waals surface area contributed by atoms with Crippen molar-refractivity contribution in [2.24, 2.45) is 0 Å². The van der Waals surface area contributed by atoms with Gasteiger partial charge in [0.1, 0.15) is 17.0 Å². The van der Waals surface area contributed by atoms with Crippen molar-refractivity contribution in [2.45, 2.75) is 32.7 Å². The lowest BCUT2D eigenvalue weighted by molar-refractivity contribution is 0.266. The van der Waals surface area contributed by atoms with Crippen molar-refractivity contribution in [3.8, 4) is 0 Å². The highest BCUT2D eigenvalue weighted by Gasteiger charge is 2.27. The summed E-state index contributed by atoms with van der Waals surface area (Å²) in [4.78, 5) is 13.4. The highest BCUT2D eigenvalue weighted by Crippen LogP contribution is 2.36. The molecule has 1 N–H and O–H groups in total. The zero-order valence-corrected chi connectivity index (χ0v) is 11.5. The molecule has 1 unspecified atom stereocenters. The van der Waals surface area contributed by atoms with Gasteiger partial charge in [-0.2, -0.15) is 0 Å². The Kier molecular flexibility index (Phi) is 2.95. The first-order chi connectivity index (χ1) is 8.72. The van der Waals surface area contributed by atoms with Crippen LogP contribution in [-0.2, 0) is 0 Å². The Hall–Kier alpha value is -1.20. The summed E-state index contributed by atoms with van der Waals surface area (Å²) in [5.74, 6) is 0.999. The summed E-state index contributed by atoms with van der Waals surface area (Å²) in [5.41, 5.74) is 1.27. The largest absolute Gasteiger partial charge is 0.394 e. The van der Waals surface area contributed by atoms with Crippen molar-refractivity contribution in [3.05, 3.63) is 16.8 Å². The van der Waals surface area contributed by atoms with E-state index in [4.69, 9.17) is 0 Å². The van der Waals surface area contributed by atoms with E-state index >= 15 is 0 Å². The Bertz CT molecular complexity index is 581. The summed E-state index contributed by atoms with van der Waals surface area (Å²) < 4.78 is 0. The number of aliphatic hydroxyl groups is 1. The molecule has 1 aliphatic rings. The molecule has 0 saturated carbocycles. The second-order valence-electron chi connectivity index (χ2n) is 4.83. The Morgan fingerprint density at radius 2 is 2.28 bits per heavy atom. The van der Waals surface area contributed by atoms with Gasteiger partial charge in [-0.15, -0.1) is 11.3 Å². The smallest absolute Gasteiger partial charge is 0.141 e. The van der Waals surface area contributed by atoms with Crippen LogP contribution in [0.5, 0.6) is 0 Å². The quantitative estimate of drug-likeness (QED) is 0.903. The normalized spacial score (nSPS) is 19.9. The molecule has 2 aromatic rings. The summed E-state index contributed by atoms with van der Waals surface area (Å²) in [5, 5.41) is 10.6. The molecular formula is C13H17N3OS. The maximum atomic E-state index is 9.46. The molecule has 1 fully saturated rings. The Balaban J connectivity index is 2.16. The maximum absolute atomic E-state index is 9.46. The fourth-order valence-electron chi connectivity index (χ4n) is 2.69. The van der Waals surface area contributed by atoms with E-state index in [0.717, 1.165) is 30.0 Å². The number of hydrogen-bond donors (Lipinski definition) is 1. The predicted octanol–water partition coefficient (Wildman–Crippen LogP) is 2.27. The lowest BCUT2D eigenvalue weighted by atomic mass is 10.2. The van der Waals surface area contributed by atoms with Gasteiger partial charge in [-0.3, -0.25) is 0 Å². The number of hydrogen-bond acceptors (Lipinski definition) is 5. The van der Waals surface area contributed by atoms with Gasteiger partial charge < -0.3 is 10.0 Å². The predicted molar refractivity (Wildman–Crippen MR) is 74.3 cm³/mol. The average Bonchev–Trinajstić information content (AvgIpc) is 2.95. The fourth-order valence-corrected chi connectivity index (χ4v) is 3.68. The molecule has 96 valence electrons. The second-order valence-corrected chi connectivity index (χ2v) is 6.04. The van der Waals surface area contributed by atoms with E-state index in [1.807, 2.05) is 0 Å². The third kappa shape index (κ3) is 1.69. The van der Waals surface area contributed by atoms with Crippen LogP contribution in [0.3, 0.4) is 0 Å². The molecule has 3 heterocycles. The zero-order chi connectivity index (χ0) is 12.7. The van der Waals surface area contributed by atoms with Crippen LogP contribution in [0.25, 0.3) is 10.2 Å². The van der Waals surface area contributed by atoms with Crippen LogP contribution in [0, 0.1) is 13.8 Å². The number of aromatic nitrogens is 2. The van der Waals surface area contributed by atoms with Crippen LogP contribution >= 0.6 is 11.3 Å². The molecule has 5 heteroatoms. The number of nitrogens with zero attached hydrogens (tertiary/aromatic N) is 3. The number of aryl methyl sites for hydroxylation is 2. The van der Waals surface area contributed by atoms with E-state index in [0.29, 0.717) is 0 Å². The first kappa shape index (κ1) is 11.9.